The molecule has 8 nitrogen and oxygen atoms in total. The number of carbonyl (C=O) groups excluding carboxylic acids is 1. The van der Waals surface area contributed by atoms with Crippen LogP contribution in [0.1, 0.15) is 10.5 Å². The van der Waals surface area contributed by atoms with Crippen LogP contribution in [0.25, 0.3) is 11.2 Å². The van der Waals surface area contributed by atoms with Gasteiger partial charge in [0.2, 0.25) is 5.65 Å². The van der Waals surface area contributed by atoms with Crippen LogP contribution in [0, 0.1) is 0 Å². The van der Waals surface area contributed by atoms with Crippen LogP contribution in [0.2, 0.25) is 0 Å². The average Bonchev–Trinajstić information content (AvgIpc) is 2.94. The zero-order chi connectivity index (χ0) is 13.4. The van der Waals surface area contributed by atoms with Gasteiger partial charge in [0.15, 0.2) is 0 Å². The molecule has 19 heavy (non-hydrogen) atoms. The Balaban J connectivity index is 1.93. The minimum Gasteiger partial charge on any atom is -0.397 e. The maximum atomic E-state index is 12.0. The molecule has 3 rings (SSSR count). The summed E-state index contributed by atoms with van der Waals surface area (Å²) < 4.78 is 1.57. The van der Waals surface area contributed by atoms with Crippen LogP contribution >= 0.6 is 0 Å². The summed E-state index contributed by atoms with van der Waals surface area (Å²) in [5, 5.41) is 7.55. The lowest BCUT2D eigenvalue weighted by Gasteiger charge is -2.03. The van der Waals surface area contributed by atoms with Gasteiger partial charge in [-0.2, -0.15) is 0 Å². The Hall–Kier alpha value is -2.90. The average molecular weight is 258 g/mol. The van der Waals surface area contributed by atoms with Gasteiger partial charge in [0.25, 0.3) is 0 Å². The van der Waals surface area contributed by atoms with Crippen molar-refractivity contribution in [3.05, 3.63) is 36.3 Å². The van der Waals surface area contributed by atoms with Gasteiger partial charge in [-0.05, 0) is 28.3 Å². The van der Waals surface area contributed by atoms with E-state index in [4.69, 9.17) is 10.6 Å². The van der Waals surface area contributed by atoms with E-state index in [-0.39, 0.29) is 0 Å². The number of rotatable bonds is 2. The van der Waals surface area contributed by atoms with Gasteiger partial charge in [0.1, 0.15) is 11.2 Å². The van der Waals surface area contributed by atoms with Crippen molar-refractivity contribution in [3.8, 4) is 0 Å². The van der Waals surface area contributed by atoms with E-state index in [9.17, 15) is 4.79 Å². The van der Waals surface area contributed by atoms with Gasteiger partial charge in [0, 0.05) is 19.4 Å². The number of hydrogen-bond donors (Lipinski definition) is 1. The van der Waals surface area contributed by atoms with Crippen LogP contribution in [-0.4, -0.2) is 30.7 Å². The molecule has 0 saturated carbocycles. The largest absolute Gasteiger partial charge is 0.397 e. The molecule has 0 spiro atoms. The fraction of sp³-hybridized carbons (Fsp3) is 0.0909. The number of anilines is 1. The van der Waals surface area contributed by atoms with Crippen molar-refractivity contribution in [3.63, 3.8) is 0 Å². The number of nitrogens with zero attached hydrogens (tertiary/aromatic N) is 5. The molecule has 0 saturated heterocycles. The van der Waals surface area contributed by atoms with E-state index in [1.807, 2.05) is 0 Å². The standard InChI is InChI=1S/C11H10N6O2/c1-16-6-7(12)5-9(16)11(18)19-17-10-8(14-15-17)3-2-4-13-10/h2-6H,12H2,1H3. The van der Waals surface area contributed by atoms with Gasteiger partial charge < -0.3 is 15.1 Å². The first kappa shape index (κ1) is 11.2. The van der Waals surface area contributed by atoms with E-state index in [1.165, 1.54) is 6.07 Å². The summed E-state index contributed by atoms with van der Waals surface area (Å²) in [6, 6.07) is 4.97. The molecule has 0 radical (unpaired) electrons. The van der Waals surface area contributed by atoms with E-state index < -0.39 is 5.97 Å². The van der Waals surface area contributed by atoms with E-state index in [2.05, 4.69) is 15.3 Å². The molecule has 0 unspecified atom stereocenters. The molecule has 0 fully saturated rings. The Morgan fingerprint density at radius 3 is 3.05 bits per heavy atom. The monoisotopic (exact) mass is 258 g/mol. The summed E-state index contributed by atoms with van der Waals surface area (Å²) >= 11 is 0. The summed E-state index contributed by atoms with van der Waals surface area (Å²) in [7, 11) is 1.70. The molecule has 0 bridgehead atoms. The molecule has 0 atom stereocenters. The van der Waals surface area contributed by atoms with Gasteiger partial charge in [0.05, 0.1) is 5.69 Å². The second-order valence-electron chi connectivity index (χ2n) is 3.96. The van der Waals surface area contributed by atoms with Gasteiger partial charge in [-0.15, -0.1) is 5.10 Å². The minimum absolute atomic E-state index is 0.317. The van der Waals surface area contributed by atoms with Crippen molar-refractivity contribution in [2.45, 2.75) is 0 Å². The lowest BCUT2D eigenvalue weighted by Crippen LogP contribution is -2.23. The predicted octanol–water partition coefficient (Wildman–Crippen LogP) is 0.0160. The molecule has 3 aromatic heterocycles. The Kier molecular flexibility index (Phi) is 2.41. The molecular formula is C11H10N6O2. The van der Waals surface area contributed by atoms with Crippen LogP contribution in [0.15, 0.2) is 30.6 Å². The van der Waals surface area contributed by atoms with Crippen LogP contribution in [0.4, 0.5) is 5.69 Å². The fourth-order valence-corrected chi connectivity index (χ4v) is 1.72. The molecule has 3 heterocycles. The molecule has 0 aliphatic heterocycles. The van der Waals surface area contributed by atoms with Crippen LogP contribution in [0.5, 0.6) is 0 Å². The van der Waals surface area contributed by atoms with E-state index in [0.717, 1.165) is 4.85 Å². The highest BCUT2D eigenvalue weighted by Crippen LogP contribution is 2.10. The first-order valence-corrected chi connectivity index (χ1v) is 5.46. The zero-order valence-corrected chi connectivity index (χ0v) is 10.0. The van der Waals surface area contributed by atoms with Gasteiger partial charge in [-0.25, -0.2) is 9.78 Å². The minimum atomic E-state index is -0.586. The molecule has 2 N–H and O–H groups in total. The lowest BCUT2D eigenvalue weighted by molar-refractivity contribution is 0.0394. The van der Waals surface area contributed by atoms with Crippen LogP contribution in [-0.2, 0) is 7.05 Å². The highest BCUT2D eigenvalue weighted by Gasteiger charge is 2.16. The van der Waals surface area contributed by atoms with Gasteiger partial charge in [-0.1, -0.05) is 0 Å². The topological polar surface area (TPSA) is 101 Å². The van der Waals surface area contributed by atoms with Crippen LogP contribution in [0.3, 0.4) is 0 Å². The van der Waals surface area contributed by atoms with Crippen molar-refractivity contribution in [1.29, 1.82) is 0 Å². The number of fused-ring (bicyclic) bond motifs is 1. The highest BCUT2D eigenvalue weighted by atomic mass is 16.7. The quantitative estimate of drug-likeness (QED) is 0.650. The number of aromatic nitrogens is 5. The summed E-state index contributed by atoms with van der Waals surface area (Å²) in [6.45, 7) is 0. The third kappa shape index (κ3) is 1.88. The van der Waals surface area contributed by atoms with E-state index in [1.54, 1.807) is 36.1 Å². The number of nitrogen functional groups attached to an aromatic ring is 1. The molecule has 0 aromatic carbocycles. The summed E-state index contributed by atoms with van der Waals surface area (Å²) in [5.74, 6) is -0.586. The fourth-order valence-electron chi connectivity index (χ4n) is 1.72. The maximum Gasteiger partial charge on any atom is 0.382 e. The van der Waals surface area contributed by atoms with Crippen LogP contribution < -0.4 is 10.6 Å². The number of nitrogens with two attached hydrogens (primary N) is 1. The summed E-state index contributed by atoms with van der Waals surface area (Å²) in [4.78, 5) is 22.1. The number of hydrogen-bond acceptors (Lipinski definition) is 6. The molecule has 96 valence electrons. The van der Waals surface area contributed by atoms with Crippen molar-refractivity contribution >= 4 is 22.8 Å². The Morgan fingerprint density at radius 1 is 1.47 bits per heavy atom. The first-order chi connectivity index (χ1) is 9.15. The first-order valence-electron chi connectivity index (χ1n) is 5.46. The summed E-state index contributed by atoms with van der Waals surface area (Å²) in [5.41, 5.74) is 7.32. The molecular weight excluding hydrogens is 248 g/mol. The lowest BCUT2D eigenvalue weighted by atomic mass is 10.4. The van der Waals surface area contributed by atoms with Crippen molar-refractivity contribution in [2.75, 3.05) is 5.73 Å². The predicted molar refractivity (Wildman–Crippen MR) is 66.1 cm³/mol. The third-order valence-corrected chi connectivity index (χ3v) is 2.59. The number of pyridine rings is 1. The molecule has 0 amide bonds. The second-order valence-corrected chi connectivity index (χ2v) is 3.96. The van der Waals surface area contributed by atoms with Crippen molar-refractivity contribution < 1.29 is 9.63 Å². The smallest absolute Gasteiger partial charge is 0.382 e. The number of carbonyl (C=O) groups is 1. The Bertz CT molecular complexity index is 759. The van der Waals surface area contributed by atoms with Gasteiger partial charge in [-0.3, -0.25) is 0 Å². The third-order valence-electron chi connectivity index (χ3n) is 2.59. The van der Waals surface area contributed by atoms with Gasteiger partial charge >= 0.3 is 5.97 Å². The molecule has 3 aromatic rings. The number of aryl methyl sites for hydroxylation is 1. The maximum absolute atomic E-state index is 12.0. The van der Waals surface area contributed by atoms with Crippen molar-refractivity contribution in [1.82, 2.24) is 24.7 Å². The Morgan fingerprint density at radius 2 is 2.32 bits per heavy atom. The second kappa shape index (κ2) is 4.09. The Labute approximate surface area is 107 Å². The zero-order valence-electron chi connectivity index (χ0n) is 10.0. The van der Waals surface area contributed by atoms with E-state index in [0.29, 0.717) is 22.5 Å². The normalized spacial score (nSPS) is 10.8. The SMILES string of the molecule is Cn1cc(N)cc1C(=O)On1nnc2cccnc21. The highest BCUT2D eigenvalue weighted by molar-refractivity contribution is 5.89. The molecule has 0 aliphatic carbocycles. The van der Waals surface area contributed by atoms with Crippen molar-refractivity contribution in [2.24, 2.45) is 7.05 Å². The van der Waals surface area contributed by atoms with E-state index >= 15 is 0 Å². The molecule has 8 heteroatoms. The summed E-state index contributed by atoms with van der Waals surface area (Å²) in [6.07, 6.45) is 3.19. The molecule has 0 aliphatic rings.